The molecule has 0 bridgehead atoms. The predicted molar refractivity (Wildman–Crippen MR) is 60.8 cm³/mol. The minimum Gasteiger partial charge on any atom is -0.395 e. The van der Waals surface area contributed by atoms with Crippen LogP contribution in [0.25, 0.3) is 0 Å². The van der Waals surface area contributed by atoms with E-state index >= 15 is 0 Å². The number of hydrogen-bond acceptors (Lipinski definition) is 4. The van der Waals surface area contributed by atoms with Gasteiger partial charge in [-0.05, 0) is 32.2 Å². The van der Waals surface area contributed by atoms with Crippen molar-refractivity contribution < 1.29 is 9.84 Å². The van der Waals surface area contributed by atoms with E-state index in [0.29, 0.717) is 12.1 Å². The lowest BCUT2D eigenvalue weighted by atomic mass is 10.1. The van der Waals surface area contributed by atoms with Crippen LogP contribution in [0.4, 0.5) is 0 Å². The van der Waals surface area contributed by atoms with E-state index in [0.717, 1.165) is 32.5 Å². The molecule has 1 aliphatic rings. The maximum Gasteiger partial charge on any atom is 0.0618 e. The van der Waals surface area contributed by atoms with Crippen LogP contribution in [0.15, 0.2) is 0 Å². The first-order valence-corrected chi connectivity index (χ1v) is 5.89. The van der Waals surface area contributed by atoms with Gasteiger partial charge in [0, 0.05) is 25.7 Å². The molecule has 0 heterocycles. The van der Waals surface area contributed by atoms with Crippen molar-refractivity contribution in [2.24, 2.45) is 5.73 Å². The third kappa shape index (κ3) is 4.47. The Labute approximate surface area is 92.4 Å². The van der Waals surface area contributed by atoms with Crippen molar-refractivity contribution in [2.75, 3.05) is 33.4 Å². The van der Waals surface area contributed by atoms with Gasteiger partial charge in [-0.25, -0.2) is 0 Å². The van der Waals surface area contributed by atoms with Crippen molar-refractivity contribution in [1.29, 1.82) is 0 Å². The molecule has 0 radical (unpaired) electrons. The summed E-state index contributed by atoms with van der Waals surface area (Å²) in [6.07, 6.45) is 4.63. The average Bonchev–Trinajstić information content (AvgIpc) is 3.05. The highest BCUT2D eigenvalue weighted by Crippen LogP contribution is 2.29. The van der Waals surface area contributed by atoms with Gasteiger partial charge < -0.3 is 15.6 Å². The standard InChI is InChI=1S/C11H24N2O2/c1-15-9-11(3-2-6-12)13(7-8-14)10-4-5-10/h10-11,14H,2-9,12H2,1H3. The molecule has 1 fully saturated rings. The van der Waals surface area contributed by atoms with E-state index < -0.39 is 0 Å². The smallest absolute Gasteiger partial charge is 0.0618 e. The number of rotatable bonds is 9. The van der Waals surface area contributed by atoms with E-state index in [2.05, 4.69) is 4.90 Å². The number of hydrogen-bond donors (Lipinski definition) is 2. The summed E-state index contributed by atoms with van der Waals surface area (Å²) in [5.41, 5.74) is 5.53. The first-order chi connectivity index (χ1) is 7.33. The van der Waals surface area contributed by atoms with Crippen molar-refractivity contribution in [2.45, 2.75) is 37.8 Å². The van der Waals surface area contributed by atoms with Crippen LogP contribution >= 0.6 is 0 Å². The summed E-state index contributed by atoms with van der Waals surface area (Å²) >= 11 is 0. The van der Waals surface area contributed by atoms with Gasteiger partial charge in [0.05, 0.1) is 13.2 Å². The SMILES string of the molecule is COCC(CCCN)N(CCO)C1CC1. The summed E-state index contributed by atoms with van der Waals surface area (Å²) in [5.74, 6) is 0. The lowest BCUT2D eigenvalue weighted by molar-refractivity contribution is 0.0659. The molecule has 0 aliphatic heterocycles. The first-order valence-electron chi connectivity index (χ1n) is 5.89. The second-order valence-electron chi connectivity index (χ2n) is 4.23. The molecular formula is C11H24N2O2. The molecule has 90 valence electrons. The largest absolute Gasteiger partial charge is 0.395 e. The monoisotopic (exact) mass is 216 g/mol. The number of aliphatic hydroxyl groups is 1. The Hall–Kier alpha value is -0.160. The molecular weight excluding hydrogens is 192 g/mol. The zero-order chi connectivity index (χ0) is 11.1. The summed E-state index contributed by atoms with van der Waals surface area (Å²) in [5, 5.41) is 9.05. The van der Waals surface area contributed by atoms with Crippen LogP contribution in [0.5, 0.6) is 0 Å². The first kappa shape index (κ1) is 12.9. The van der Waals surface area contributed by atoms with Crippen LogP contribution in [0, 0.1) is 0 Å². The fraction of sp³-hybridized carbons (Fsp3) is 1.00. The zero-order valence-electron chi connectivity index (χ0n) is 9.69. The molecule has 0 amide bonds. The van der Waals surface area contributed by atoms with E-state index in [4.69, 9.17) is 15.6 Å². The number of nitrogens with two attached hydrogens (primary N) is 1. The number of nitrogens with zero attached hydrogens (tertiary/aromatic N) is 1. The van der Waals surface area contributed by atoms with Crippen molar-refractivity contribution in [3.8, 4) is 0 Å². The van der Waals surface area contributed by atoms with E-state index in [9.17, 15) is 0 Å². The van der Waals surface area contributed by atoms with Crippen molar-refractivity contribution in [3.05, 3.63) is 0 Å². The molecule has 1 atom stereocenters. The van der Waals surface area contributed by atoms with Crippen molar-refractivity contribution in [1.82, 2.24) is 4.90 Å². The number of ether oxygens (including phenoxy) is 1. The zero-order valence-corrected chi connectivity index (χ0v) is 9.69. The topological polar surface area (TPSA) is 58.7 Å². The average molecular weight is 216 g/mol. The van der Waals surface area contributed by atoms with Gasteiger partial charge in [-0.15, -0.1) is 0 Å². The van der Waals surface area contributed by atoms with Gasteiger partial charge in [-0.2, -0.15) is 0 Å². The quantitative estimate of drug-likeness (QED) is 0.578. The molecule has 1 aliphatic carbocycles. The molecule has 3 N–H and O–H groups in total. The Morgan fingerprint density at radius 2 is 2.27 bits per heavy atom. The second kappa shape index (κ2) is 7.17. The van der Waals surface area contributed by atoms with Crippen LogP contribution in [-0.4, -0.2) is 55.5 Å². The highest BCUT2D eigenvalue weighted by molar-refractivity contribution is 4.88. The molecule has 4 heteroatoms. The Morgan fingerprint density at radius 3 is 2.73 bits per heavy atom. The molecule has 0 aromatic rings. The van der Waals surface area contributed by atoms with Gasteiger partial charge in [0.1, 0.15) is 0 Å². The highest BCUT2D eigenvalue weighted by atomic mass is 16.5. The van der Waals surface area contributed by atoms with Gasteiger partial charge in [0.15, 0.2) is 0 Å². The summed E-state index contributed by atoms with van der Waals surface area (Å²) < 4.78 is 5.24. The molecule has 0 aromatic carbocycles. The van der Waals surface area contributed by atoms with Crippen LogP contribution in [0.1, 0.15) is 25.7 Å². The Kier molecular flexibility index (Phi) is 6.17. The van der Waals surface area contributed by atoms with Crippen molar-refractivity contribution in [3.63, 3.8) is 0 Å². The molecule has 1 unspecified atom stereocenters. The molecule has 1 saturated carbocycles. The number of methoxy groups -OCH3 is 1. The molecule has 4 nitrogen and oxygen atoms in total. The van der Waals surface area contributed by atoms with Gasteiger partial charge in [0.25, 0.3) is 0 Å². The van der Waals surface area contributed by atoms with E-state index in [1.54, 1.807) is 7.11 Å². The fourth-order valence-corrected chi connectivity index (χ4v) is 2.08. The Balaban J connectivity index is 2.40. The minimum atomic E-state index is 0.235. The summed E-state index contributed by atoms with van der Waals surface area (Å²) in [4.78, 5) is 2.39. The fourth-order valence-electron chi connectivity index (χ4n) is 2.08. The maximum absolute atomic E-state index is 9.05. The molecule has 15 heavy (non-hydrogen) atoms. The minimum absolute atomic E-state index is 0.235. The van der Waals surface area contributed by atoms with E-state index in [1.807, 2.05) is 0 Å². The molecule has 0 aromatic heterocycles. The summed E-state index contributed by atoms with van der Waals surface area (Å²) in [6, 6.07) is 1.10. The van der Waals surface area contributed by atoms with Gasteiger partial charge in [-0.1, -0.05) is 0 Å². The Morgan fingerprint density at radius 1 is 1.53 bits per heavy atom. The van der Waals surface area contributed by atoms with Crippen LogP contribution in [0.3, 0.4) is 0 Å². The number of aliphatic hydroxyl groups excluding tert-OH is 1. The third-order valence-electron chi connectivity index (χ3n) is 2.94. The molecule has 1 rings (SSSR count). The normalized spacial score (nSPS) is 18.4. The Bertz CT molecular complexity index is 163. The second-order valence-corrected chi connectivity index (χ2v) is 4.23. The van der Waals surface area contributed by atoms with E-state index in [-0.39, 0.29) is 6.61 Å². The highest BCUT2D eigenvalue weighted by Gasteiger charge is 2.33. The van der Waals surface area contributed by atoms with E-state index in [1.165, 1.54) is 12.8 Å². The lowest BCUT2D eigenvalue weighted by Gasteiger charge is -2.30. The third-order valence-corrected chi connectivity index (χ3v) is 2.94. The van der Waals surface area contributed by atoms with Gasteiger partial charge in [0.2, 0.25) is 0 Å². The summed E-state index contributed by atoms with van der Waals surface area (Å²) in [7, 11) is 1.74. The lowest BCUT2D eigenvalue weighted by Crippen LogP contribution is -2.42. The van der Waals surface area contributed by atoms with Gasteiger partial charge >= 0.3 is 0 Å². The van der Waals surface area contributed by atoms with Crippen LogP contribution in [-0.2, 0) is 4.74 Å². The van der Waals surface area contributed by atoms with Gasteiger partial charge in [-0.3, -0.25) is 4.90 Å². The molecule has 0 saturated heterocycles. The maximum atomic E-state index is 9.05. The molecule has 0 spiro atoms. The van der Waals surface area contributed by atoms with Crippen LogP contribution in [0.2, 0.25) is 0 Å². The van der Waals surface area contributed by atoms with Crippen LogP contribution < -0.4 is 5.73 Å². The summed E-state index contributed by atoms with van der Waals surface area (Å²) in [6.45, 7) is 2.48. The predicted octanol–water partition coefficient (Wildman–Crippen LogP) is 0.197. The van der Waals surface area contributed by atoms with Crippen molar-refractivity contribution >= 4 is 0 Å².